The van der Waals surface area contributed by atoms with E-state index in [2.05, 4.69) is 5.32 Å². The maximum atomic E-state index is 11.8. The average molecular weight is 329 g/mol. The maximum Gasteiger partial charge on any atom is 0.239 e. The number of hydrogen-bond acceptors (Lipinski definition) is 4. The number of carbonyl (C=O) groups is 1. The van der Waals surface area contributed by atoms with Gasteiger partial charge in [-0.15, -0.1) is 12.4 Å². The molecular weight excluding hydrogens is 304 g/mol. The Labute approximate surface area is 138 Å². The second kappa shape index (κ2) is 8.98. The van der Waals surface area contributed by atoms with Gasteiger partial charge in [-0.05, 0) is 37.3 Å². The minimum Gasteiger partial charge on any atom is -0.493 e. The fourth-order valence-electron chi connectivity index (χ4n) is 2.00. The molecule has 1 atom stereocenters. The zero-order valence-electron chi connectivity index (χ0n) is 13.1. The van der Waals surface area contributed by atoms with E-state index in [1.807, 2.05) is 25.1 Å². The van der Waals surface area contributed by atoms with Gasteiger partial charge in [-0.3, -0.25) is 4.79 Å². The first-order valence-corrected chi connectivity index (χ1v) is 7.34. The normalized spacial score (nSPS) is 14.9. The van der Waals surface area contributed by atoms with Gasteiger partial charge in [0.15, 0.2) is 0 Å². The van der Waals surface area contributed by atoms with Gasteiger partial charge in [-0.2, -0.15) is 0 Å². The molecular formula is C16H25ClN2O3. The molecule has 0 saturated heterocycles. The number of amides is 1. The smallest absolute Gasteiger partial charge is 0.239 e. The van der Waals surface area contributed by atoms with E-state index < -0.39 is 6.04 Å². The van der Waals surface area contributed by atoms with Crippen LogP contribution in [-0.2, 0) is 16.1 Å². The van der Waals surface area contributed by atoms with E-state index >= 15 is 0 Å². The van der Waals surface area contributed by atoms with Gasteiger partial charge in [-0.1, -0.05) is 12.1 Å². The zero-order chi connectivity index (χ0) is 15.2. The SMILES string of the molecule is COCC(N)C(=O)NCc1ccc(C)cc1OCC1CC1.Cl. The van der Waals surface area contributed by atoms with E-state index in [-0.39, 0.29) is 24.9 Å². The molecule has 1 aliphatic rings. The third-order valence-electron chi connectivity index (χ3n) is 3.53. The Morgan fingerprint density at radius 1 is 1.45 bits per heavy atom. The molecule has 0 aromatic heterocycles. The summed E-state index contributed by atoms with van der Waals surface area (Å²) in [6.07, 6.45) is 2.51. The lowest BCUT2D eigenvalue weighted by Gasteiger charge is -2.15. The van der Waals surface area contributed by atoms with Crippen LogP contribution in [0.3, 0.4) is 0 Å². The van der Waals surface area contributed by atoms with Gasteiger partial charge >= 0.3 is 0 Å². The number of ether oxygens (including phenoxy) is 2. The average Bonchev–Trinajstić information content (AvgIpc) is 3.28. The van der Waals surface area contributed by atoms with Gasteiger partial charge < -0.3 is 20.5 Å². The third-order valence-corrected chi connectivity index (χ3v) is 3.53. The molecule has 124 valence electrons. The predicted molar refractivity (Wildman–Crippen MR) is 88.3 cm³/mol. The number of nitrogens with one attached hydrogen (secondary N) is 1. The highest BCUT2D eigenvalue weighted by molar-refractivity contribution is 5.85. The summed E-state index contributed by atoms with van der Waals surface area (Å²) < 4.78 is 10.8. The lowest BCUT2D eigenvalue weighted by molar-refractivity contribution is -0.123. The van der Waals surface area contributed by atoms with Crippen LogP contribution in [0.15, 0.2) is 18.2 Å². The van der Waals surface area contributed by atoms with Crippen molar-refractivity contribution < 1.29 is 14.3 Å². The molecule has 0 spiro atoms. The number of rotatable bonds is 8. The molecule has 3 N–H and O–H groups in total. The maximum absolute atomic E-state index is 11.8. The number of benzene rings is 1. The van der Waals surface area contributed by atoms with Crippen molar-refractivity contribution in [3.05, 3.63) is 29.3 Å². The van der Waals surface area contributed by atoms with Crippen molar-refractivity contribution in [2.75, 3.05) is 20.3 Å². The van der Waals surface area contributed by atoms with Gasteiger partial charge in [0.05, 0.1) is 13.2 Å². The van der Waals surface area contributed by atoms with E-state index in [1.54, 1.807) is 0 Å². The molecule has 1 unspecified atom stereocenters. The zero-order valence-corrected chi connectivity index (χ0v) is 13.9. The lowest BCUT2D eigenvalue weighted by atomic mass is 10.1. The van der Waals surface area contributed by atoms with Gasteiger partial charge in [0.25, 0.3) is 0 Å². The number of carbonyl (C=O) groups excluding carboxylic acids is 1. The summed E-state index contributed by atoms with van der Waals surface area (Å²) in [4.78, 5) is 11.8. The molecule has 5 nitrogen and oxygen atoms in total. The van der Waals surface area contributed by atoms with E-state index in [1.165, 1.54) is 20.0 Å². The summed E-state index contributed by atoms with van der Waals surface area (Å²) >= 11 is 0. The monoisotopic (exact) mass is 328 g/mol. The van der Waals surface area contributed by atoms with Crippen molar-refractivity contribution in [3.63, 3.8) is 0 Å². The highest BCUT2D eigenvalue weighted by Gasteiger charge is 2.22. The van der Waals surface area contributed by atoms with E-state index in [4.69, 9.17) is 15.2 Å². The second-order valence-electron chi connectivity index (χ2n) is 5.65. The summed E-state index contributed by atoms with van der Waals surface area (Å²) in [5.74, 6) is 1.33. The summed E-state index contributed by atoms with van der Waals surface area (Å²) in [5.41, 5.74) is 7.81. The quantitative estimate of drug-likeness (QED) is 0.763. The molecule has 1 fully saturated rings. The van der Waals surface area contributed by atoms with Crippen LogP contribution in [0.5, 0.6) is 5.75 Å². The summed E-state index contributed by atoms with van der Waals surface area (Å²) in [6.45, 7) is 3.41. The van der Waals surface area contributed by atoms with Crippen LogP contribution in [0.1, 0.15) is 24.0 Å². The largest absolute Gasteiger partial charge is 0.493 e. The highest BCUT2D eigenvalue weighted by Crippen LogP contribution is 2.30. The molecule has 2 rings (SSSR count). The molecule has 22 heavy (non-hydrogen) atoms. The van der Waals surface area contributed by atoms with Crippen molar-refractivity contribution >= 4 is 18.3 Å². The fraction of sp³-hybridized carbons (Fsp3) is 0.562. The standard InChI is InChI=1S/C16H24N2O3.ClH/c1-11-3-6-13(8-18-16(19)14(17)10-20-2)15(7-11)21-9-12-4-5-12;/h3,6-7,12,14H,4-5,8-10,17H2,1-2H3,(H,18,19);1H. The van der Waals surface area contributed by atoms with Crippen LogP contribution in [0, 0.1) is 12.8 Å². The lowest BCUT2D eigenvalue weighted by Crippen LogP contribution is -2.43. The molecule has 0 bridgehead atoms. The fourth-order valence-corrected chi connectivity index (χ4v) is 2.00. The Bertz CT molecular complexity index is 492. The number of hydrogen-bond donors (Lipinski definition) is 2. The van der Waals surface area contributed by atoms with Crippen LogP contribution in [-0.4, -0.2) is 32.3 Å². The Morgan fingerprint density at radius 3 is 2.82 bits per heavy atom. The molecule has 1 aromatic rings. The van der Waals surface area contributed by atoms with Crippen LogP contribution in [0.4, 0.5) is 0 Å². The number of nitrogens with two attached hydrogens (primary N) is 1. The van der Waals surface area contributed by atoms with Gasteiger partial charge in [0.2, 0.25) is 5.91 Å². The molecule has 1 amide bonds. The summed E-state index contributed by atoms with van der Waals surface area (Å²) in [7, 11) is 1.52. The predicted octanol–water partition coefficient (Wildman–Crippen LogP) is 1.80. The number of aryl methyl sites for hydroxylation is 1. The van der Waals surface area contributed by atoms with Crippen molar-refractivity contribution in [1.82, 2.24) is 5.32 Å². The second-order valence-corrected chi connectivity index (χ2v) is 5.65. The molecule has 6 heteroatoms. The number of methoxy groups -OCH3 is 1. The van der Waals surface area contributed by atoms with E-state index in [0.717, 1.165) is 23.5 Å². The van der Waals surface area contributed by atoms with Crippen molar-refractivity contribution in [2.24, 2.45) is 11.7 Å². The first kappa shape index (κ1) is 18.7. The van der Waals surface area contributed by atoms with Crippen LogP contribution in [0.25, 0.3) is 0 Å². The first-order chi connectivity index (χ1) is 10.1. The topological polar surface area (TPSA) is 73.6 Å². The van der Waals surface area contributed by atoms with Gasteiger partial charge in [-0.25, -0.2) is 0 Å². The van der Waals surface area contributed by atoms with Crippen molar-refractivity contribution in [3.8, 4) is 5.75 Å². The van der Waals surface area contributed by atoms with E-state index in [9.17, 15) is 4.79 Å². The minimum atomic E-state index is -0.642. The minimum absolute atomic E-state index is 0. The Kier molecular flexibility index (Phi) is 7.65. The molecule has 0 aliphatic heterocycles. The van der Waals surface area contributed by atoms with Crippen LogP contribution in [0.2, 0.25) is 0 Å². The number of halogens is 1. The Hall–Kier alpha value is -1.30. The molecule has 0 radical (unpaired) electrons. The molecule has 0 heterocycles. The summed E-state index contributed by atoms with van der Waals surface area (Å²) in [5, 5.41) is 2.82. The first-order valence-electron chi connectivity index (χ1n) is 7.34. The Balaban J connectivity index is 0.00000242. The molecule has 1 aliphatic carbocycles. The highest BCUT2D eigenvalue weighted by atomic mass is 35.5. The van der Waals surface area contributed by atoms with Crippen LogP contribution >= 0.6 is 12.4 Å². The van der Waals surface area contributed by atoms with Gasteiger partial charge in [0, 0.05) is 19.2 Å². The Morgan fingerprint density at radius 2 is 2.18 bits per heavy atom. The van der Waals surface area contributed by atoms with Gasteiger partial charge in [0.1, 0.15) is 11.8 Å². The summed E-state index contributed by atoms with van der Waals surface area (Å²) in [6, 6.07) is 5.37. The van der Waals surface area contributed by atoms with Crippen molar-refractivity contribution in [1.29, 1.82) is 0 Å². The third kappa shape index (κ3) is 5.83. The van der Waals surface area contributed by atoms with E-state index in [0.29, 0.717) is 12.5 Å². The molecule has 1 aromatic carbocycles. The van der Waals surface area contributed by atoms with Crippen LogP contribution < -0.4 is 15.8 Å². The molecule has 1 saturated carbocycles. The van der Waals surface area contributed by atoms with Crippen molar-refractivity contribution in [2.45, 2.75) is 32.4 Å².